The van der Waals surface area contributed by atoms with E-state index < -0.39 is 0 Å². The van der Waals surface area contributed by atoms with E-state index in [1.165, 1.54) is 38.5 Å². The van der Waals surface area contributed by atoms with Crippen LogP contribution in [0.3, 0.4) is 0 Å². The molecule has 1 heterocycles. The first-order chi connectivity index (χ1) is 11.5. The molecule has 0 spiro atoms. The summed E-state index contributed by atoms with van der Waals surface area (Å²) in [6, 6.07) is 0. The van der Waals surface area contributed by atoms with E-state index in [-0.39, 0.29) is 11.4 Å². The van der Waals surface area contributed by atoms with Crippen LogP contribution in [0.5, 0.6) is 0 Å². The van der Waals surface area contributed by atoms with E-state index in [0.29, 0.717) is 6.42 Å². The lowest BCUT2D eigenvalue weighted by Gasteiger charge is -2.39. The molecule has 0 bridgehead atoms. The number of thiazole rings is 1. The van der Waals surface area contributed by atoms with Gasteiger partial charge in [0.05, 0.1) is 10.7 Å². The van der Waals surface area contributed by atoms with Gasteiger partial charge in [-0.3, -0.25) is 4.79 Å². The number of hydrogen-bond acceptors (Lipinski definition) is 5. The zero-order chi connectivity index (χ0) is 17.4. The zero-order valence-corrected chi connectivity index (χ0v) is 16.9. The third-order valence-electron chi connectivity index (χ3n) is 4.99. The van der Waals surface area contributed by atoms with Crippen molar-refractivity contribution in [1.82, 2.24) is 15.2 Å². The molecule has 2 rings (SSSR count). The van der Waals surface area contributed by atoms with Gasteiger partial charge in [0, 0.05) is 35.4 Å². The highest BCUT2D eigenvalue weighted by Gasteiger charge is 2.33. The van der Waals surface area contributed by atoms with Gasteiger partial charge in [-0.1, -0.05) is 25.7 Å². The van der Waals surface area contributed by atoms with Crippen molar-refractivity contribution in [3.05, 3.63) is 16.1 Å². The van der Waals surface area contributed by atoms with Gasteiger partial charge >= 0.3 is 0 Å². The Morgan fingerprint density at radius 3 is 2.62 bits per heavy atom. The molecule has 136 valence electrons. The van der Waals surface area contributed by atoms with Crippen LogP contribution in [-0.4, -0.2) is 47.7 Å². The number of likely N-dealkylation sites (N-methyl/N-ethyl adjacent to an activating group) is 1. The quantitative estimate of drug-likeness (QED) is 0.558. The summed E-state index contributed by atoms with van der Waals surface area (Å²) in [7, 11) is 4.31. The number of carbonyl (C=O) groups excluding carboxylic acids is 1. The van der Waals surface area contributed by atoms with E-state index in [1.54, 1.807) is 23.1 Å². The molecule has 0 aliphatic heterocycles. The van der Waals surface area contributed by atoms with Crippen LogP contribution in [0.2, 0.25) is 0 Å². The number of rotatable bonds is 8. The van der Waals surface area contributed by atoms with Gasteiger partial charge in [-0.15, -0.1) is 11.3 Å². The van der Waals surface area contributed by atoms with Crippen molar-refractivity contribution in [3.63, 3.8) is 0 Å². The molecule has 1 aromatic rings. The first-order valence-electron chi connectivity index (χ1n) is 8.95. The van der Waals surface area contributed by atoms with Crippen molar-refractivity contribution in [2.45, 2.75) is 63.2 Å². The highest BCUT2D eigenvalue weighted by atomic mass is 32.2. The summed E-state index contributed by atoms with van der Waals surface area (Å²) in [6.45, 7) is 2.81. The molecule has 0 atom stereocenters. The molecule has 1 aromatic heterocycles. The maximum atomic E-state index is 12.2. The van der Waals surface area contributed by atoms with Crippen molar-refractivity contribution >= 4 is 29.0 Å². The average molecular weight is 370 g/mol. The normalized spacial score (nSPS) is 17.7. The SMILES string of the molecule is Cc1nc(CSCCC(=O)NCC2(N(C)C)CCCCCC2)cs1. The largest absolute Gasteiger partial charge is 0.354 e. The van der Waals surface area contributed by atoms with Crippen LogP contribution in [0.15, 0.2) is 5.38 Å². The number of hydrogen-bond donors (Lipinski definition) is 1. The predicted molar refractivity (Wildman–Crippen MR) is 105 cm³/mol. The number of nitrogens with zero attached hydrogens (tertiary/aromatic N) is 2. The maximum absolute atomic E-state index is 12.2. The fraction of sp³-hybridized carbons (Fsp3) is 0.778. The van der Waals surface area contributed by atoms with E-state index in [2.05, 4.69) is 34.7 Å². The Bertz CT molecular complexity index is 508. The van der Waals surface area contributed by atoms with Crippen molar-refractivity contribution in [2.75, 3.05) is 26.4 Å². The molecule has 1 N–H and O–H groups in total. The zero-order valence-electron chi connectivity index (χ0n) is 15.3. The van der Waals surface area contributed by atoms with Gasteiger partial charge < -0.3 is 10.2 Å². The van der Waals surface area contributed by atoms with Gasteiger partial charge in [0.2, 0.25) is 5.91 Å². The van der Waals surface area contributed by atoms with Gasteiger partial charge in [-0.2, -0.15) is 11.8 Å². The summed E-state index contributed by atoms with van der Waals surface area (Å²) in [4.78, 5) is 19.0. The highest BCUT2D eigenvalue weighted by molar-refractivity contribution is 7.98. The Morgan fingerprint density at radius 1 is 1.33 bits per heavy atom. The maximum Gasteiger partial charge on any atom is 0.220 e. The Morgan fingerprint density at radius 2 is 2.04 bits per heavy atom. The molecular weight excluding hydrogens is 338 g/mol. The van der Waals surface area contributed by atoms with Gasteiger partial charge in [-0.25, -0.2) is 4.98 Å². The van der Waals surface area contributed by atoms with Crippen molar-refractivity contribution in [1.29, 1.82) is 0 Å². The van der Waals surface area contributed by atoms with E-state index in [1.807, 2.05) is 6.92 Å². The molecule has 1 aliphatic carbocycles. The lowest BCUT2D eigenvalue weighted by atomic mass is 9.88. The number of thioether (sulfide) groups is 1. The molecule has 0 unspecified atom stereocenters. The predicted octanol–water partition coefficient (Wildman–Crippen LogP) is 3.85. The van der Waals surface area contributed by atoms with E-state index >= 15 is 0 Å². The summed E-state index contributed by atoms with van der Waals surface area (Å²) >= 11 is 3.48. The number of nitrogens with one attached hydrogen (secondary N) is 1. The monoisotopic (exact) mass is 369 g/mol. The molecule has 1 aliphatic rings. The average Bonchev–Trinajstić information content (AvgIpc) is 2.82. The van der Waals surface area contributed by atoms with Gasteiger partial charge in [0.25, 0.3) is 0 Å². The lowest BCUT2D eigenvalue weighted by Crippen LogP contribution is -2.52. The topological polar surface area (TPSA) is 45.2 Å². The van der Waals surface area contributed by atoms with E-state index in [4.69, 9.17) is 0 Å². The second kappa shape index (κ2) is 9.78. The molecule has 4 nitrogen and oxygen atoms in total. The van der Waals surface area contributed by atoms with Crippen molar-refractivity contribution < 1.29 is 4.79 Å². The molecule has 24 heavy (non-hydrogen) atoms. The first kappa shape index (κ1) is 19.7. The molecule has 0 radical (unpaired) electrons. The molecular formula is C18H31N3OS2. The third kappa shape index (κ3) is 6.05. The standard InChI is InChI=1S/C18H31N3OS2/c1-15-20-16(13-24-15)12-23-11-8-17(22)19-14-18(21(2)3)9-6-4-5-7-10-18/h13H,4-12,14H2,1-3H3,(H,19,22). The van der Waals surface area contributed by atoms with Gasteiger partial charge in [0.15, 0.2) is 0 Å². The summed E-state index contributed by atoms with van der Waals surface area (Å²) < 4.78 is 0. The molecule has 0 saturated heterocycles. The summed E-state index contributed by atoms with van der Waals surface area (Å²) in [5.74, 6) is 1.94. The van der Waals surface area contributed by atoms with Crippen LogP contribution in [0.1, 0.15) is 55.6 Å². The summed E-state index contributed by atoms with van der Waals surface area (Å²) in [5, 5.41) is 6.42. The smallest absolute Gasteiger partial charge is 0.220 e. The first-order valence-corrected chi connectivity index (χ1v) is 11.0. The number of carbonyl (C=O) groups is 1. The second-order valence-corrected chi connectivity index (χ2v) is 9.14. The molecule has 1 saturated carbocycles. The molecule has 6 heteroatoms. The van der Waals surface area contributed by atoms with Crippen molar-refractivity contribution in [2.24, 2.45) is 0 Å². The molecule has 0 aromatic carbocycles. The Labute approximate surface area is 154 Å². The summed E-state index contributed by atoms with van der Waals surface area (Å²) in [6.07, 6.45) is 8.19. The minimum absolute atomic E-state index is 0.150. The molecule has 1 amide bonds. The lowest BCUT2D eigenvalue weighted by molar-refractivity contribution is -0.121. The third-order valence-corrected chi connectivity index (χ3v) is 6.80. The van der Waals surface area contributed by atoms with Crippen molar-refractivity contribution in [3.8, 4) is 0 Å². The second-order valence-electron chi connectivity index (χ2n) is 6.97. The fourth-order valence-corrected chi connectivity index (χ4v) is 4.89. The highest BCUT2D eigenvalue weighted by Crippen LogP contribution is 2.30. The van der Waals surface area contributed by atoms with Crippen LogP contribution in [0.25, 0.3) is 0 Å². The molecule has 1 fully saturated rings. The number of amides is 1. The van der Waals surface area contributed by atoms with Crippen LogP contribution < -0.4 is 5.32 Å². The Balaban J connectivity index is 1.69. The Kier molecular flexibility index (Phi) is 8.04. The van der Waals surface area contributed by atoms with Crippen LogP contribution in [0.4, 0.5) is 0 Å². The Hall–Kier alpha value is -0.590. The van der Waals surface area contributed by atoms with E-state index in [9.17, 15) is 4.79 Å². The fourth-order valence-electron chi connectivity index (χ4n) is 3.34. The number of aromatic nitrogens is 1. The van der Waals surface area contributed by atoms with Crippen LogP contribution in [-0.2, 0) is 10.5 Å². The summed E-state index contributed by atoms with van der Waals surface area (Å²) in [5.41, 5.74) is 1.28. The van der Waals surface area contributed by atoms with Gasteiger partial charge in [-0.05, 0) is 33.9 Å². The van der Waals surface area contributed by atoms with Crippen LogP contribution >= 0.6 is 23.1 Å². The van der Waals surface area contributed by atoms with E-state index in [0.717, 1.165) is 28.8 Å². The minimum Gasteiger partial charge on any atom is -0.354 e. The number of aryl methyl sites for hydroxylation is 1. The van der Waals surface area contributed by atoms with Gasteiger partial charge in [0.1, 0.15) is 0 Å². The minimum atomic E-state index is 0.150. The van der Waals surface area contributed by atoms with Crippen LogP contribution in [0, 0.1) is 6.92 Å².